The van der Waals surface area contributed by atoms with Crippen LogP contribution in [0.25, 0.3) is 22.2 Å². The number of anilines is 1. The number of hydrogen-bond donors (Lipinski definition) is 2. The van der Waals surface area contributed by atoms with Gasteiger partial charge >= 0.3 is 19.3 Å². The largest absolute Gasteiger partial charge is 0.411 e. The minimum absolute atomic E-state index is 0.00917. The summed E-state index contributed by atoms with van der Waals surface area (Å²) in [6.07, 6.45) is 7.14. The van der Waals surface area contributed by atoms with Crippen LogP contribution in [0.15, 0.2) is 76.0 Å². The first-order chi connectivity index (χ1) is 29.6. The molecule has 344 valence electrons. The lowest BCUT2D eigenvalue weighted by atomic mass is 10.0. The van der Waals surface area contributed by atoms with Gasteiger partial charge in [-0.25, -0.2) is 14.7 Å². The van der Waals surface area contributed by atoms with Gasteiger partial charge in [-0.15, -0.1) is 12.8 Å². The molecule has 0 radical (unpaired) electrons. The van der Waals surface area contributed by atoms with Crippen molar-refractivity contribution in [2.45, 2.75) is 85.2 Å². The number of amides is 2. The average Bonchev–Trinajstić information content (AvgIpc) is 3.87. The topological polar surface area (TPSA) is 156 Å². The molecule has 3 N–H and O–H groups in total. The first-order valence-corrected chi connectivity index (χ1v) is 19.2. The van der Waals surface area contributed by atoms with E-state index < -0.39 is 36.8 Å². The lowest BCUT2D eigenvalue weighted by molar-refractivity contribution is -0.167. The Kier molecular flexibility index (Phi) is 21.9. The number of nitrogens with zero attached hydrogens (tertiary/aromatic N) is 8. The average molecular weight is 913 g/mol. The number of rotatable bonds is 13. The van der Waals surface area contributed by atoms with Crippen LogP contribution in [0, 0.1) is 18.3 Å². The van der Waals surface area contributed by atoms with Crippen molar-refractivity contribution >= 4 is 59.5 Å². The van der Waals surface area contributed by atoms with E-state index in [-0.39, 0.29) is 48.1 Å². The fraction of sp³-hybridized carbons (Fsp3) is 0.405. The van der Waals surface area contributed by atoms with E-state index in [1.807, 2.05) is 13.8 Å². The highest BCUT2D eigenvalue weighted by Gasteiger charge is 2.63. The number of aliphatic imine (C=N–C) groups is 2. The van der Waals surface area contributed by atoms with Crippen molar-refractivity contribution in [3.8, 4) is 24.1 Å². The van der Waals surface area contributed by atoms with E-state index in [9.17, 15) is 40.3 Å². The van der Waals surface area contributed by atoms with E-state index in [4.69, 9.17) is 22.1 Å². The molecule has 2 heterocycles. The molecule has 0 spiro atoms. The second-order valence-corrected chi connectivity index (χ2v) is 14.8. The molecule has 2 aromatic carbocycles. The molecule has 0 unspecified atom stereocenters. The summed E-state index contributed by atoms with van der Waals surface area (Å²) in [5.41, 5.74) is 6.52. The van der Waals surface area contributed by atoms with E-state index in [1.165, 1.54) is 49.7 Å². The van der Waals surface area contributed by atoms with Gasteiger partial charge in [0.05, 0.1) is 40.8 Å². The summed E-state index contributed by atoms with van der Waals surface area (Å²) in [4.78, 5) is 36.7. The zero-order valence-electron chi connectivity index (χ0n) is 36.0. The Morgan fingerprint density at radius 1 is 1.08 bits per heavy atom. The first kappa shape index (κ1) is 54.9. The Bertz CT molecular complexity index is 2160. The maximum absolute atomic E-state index is 14.0. The predicted molar refractivity (Wildman–Crippen MR) is 234 cm³/mol. The number of benzene rings is 2. The number of ether oxygens (including phenoxy) is 1. The number of carbonyl (C=O) groups is 2. The van der Waals surface area contributed by atoms with Crippen molar-refractivity contribution < 1.29 is 45.1 Å². The van der Waals surface area contributed by atoms with Crippen molar-refractivity contribution in [1.82, 2.24) is 25.0 Å². The van der Waals surface area contributed by atoms with Crippen LogP contribution in [0.4, 0.5) is 36.4 Å². The molecule has 0 bridgehead atoms. The molecule has 21 heteroatoms. The zero-order valence-corrected chi connectivity index (χ0v) is 36.8. The van der Waals surface area contributed by atoms with Crippen LogP contribution in [-0.2, 0) is 9.53 Å². The highest BCUT2D eigenvalue weighted by Crippen LogP contribution is 2.48. The number of terminal acetylenes is 1. The van der Waals surface area contributed by atoms with E-state index in [0.29, 0.717) is 42.8 Å². The Morgan fingerprint density at radius 2 is 1.70 bits per heavy atom. The number of hydrogen-bond acceptors (Lipinski definition) is 8. The lowest BCUT2D eigenvalue weighted by Crippen LogP contribution is -2.46. The summed E-state index contributed by atoms with van der Waals surface area (Å²) < 4.78 is 95.1. The van der Waals surface area contributed by atoms with Gasteiger partial charge in [0.15, 0.2) is 5.96 Å². The standard InChI is InChI=1S/C28H26ClF4N9O2.C5H6F3NO.C5H12.C2H6.C2H2/c1-35-15-38-42(27(32)33)23-11-17(4-7-20(23)29)24(14-44-3)41(28(34)36-2)25(43)18-6-9-21-16(10-18)5-8-22(39-21)19-12-37-40(13-19)26(30)31;6-5(7,8)4(1-2-4)9-3-10;1-5(2,3)4;2*1-2/h4-13,15,24,26-27H,1,14H2,2-3H3,(H2,34,36);3H,1-2H2,(H,9,10);1-4H3;1-2H3;1-2H/b38-15-;;;;/t24-;;;;/m1..../s1. The van der Waals surface area contributed by atoms with Crippen LogP contribution in [0.2, 0.25) is 5.02 Å². The van der Waals surface area contributed by atoms with Gasteiger partial charge in [0, 0.05) is 36.9 Å². The van der Waals surface area contributed by atoms with E-state index in [1.54, 1.807) is 35.6 Å². The molecule has 1 fully saturated rings. The highest BCUT2D eigenvalue weighted by molar-refractivity contribution is 6.33. The molecule has 1 saturated carbocycles. The summed E-state index contributed by atoms with van der Waals surface area (Å²) in [5.74, 6) is -0.742. The summed E-state index contributed by atoms with van der Waals surface area (Å²) in [6.45, 7) is 9.99. The van der Waals surface area contributed by atoms with Gasteiger partial charge in [0.1, 0.15) is 11.9 Å². The Balaban J connectivity index is 0.000000871. The SMILES string of the molecule is C#C.C=N/C=N\N(c1cc([C@@H](COC)N(C(=O)c2ccc3nc(-c4cnn(C(F)F)c4)ccc3c2)C(N)=NC)ccc1Cl)C(F)F.CC.CC(C)(C)C.O=CNC1(C(F)(F)F)CC1. The number of methoxy groups -OCH3 is 1. The predicted octanol–water partition coefficient (Wildman–Crippen LogP) is 9.75. The van der Waals surface area contributed by atoms with Gasteiger partial charge in [-0.3, -0.25) is 24.5 Å². The van der Waals surface area contributed by atoms with Gasteiger partial charge in [-0.05, 0) is 66.9 Å². The number of nitrogens with two attached hydrogens (primary N) is 1. The van der Waals surface area contributed by atoms with Gasteiger partial charge in [0.2, 0.25) is 6.41 Å². The van der Waals surface area contributed by atoms with Crippen LogP contribution in [0.5, 0.6) is 0 Å². The second kappa shape index (κ2) is 25.1. The van der Waals surface area contributed by atoms with Crippen molar-refractivity contribution in [1.29, 1.82) is 0 Å². The summed E-state index contributed by atoms with van der Waals surface area (Å²) in [6, 6.07) is 11.3. The van der Waals surface area contributed by atoms with Crippen LogP contribution >= 0.6 is 11.6 Å². The number of halogens is 8. The second-order valence-electron chi connectivity index (χ2n) is 14.4. The first-order valence-electron chi connectivity index (χ1n) is 18.9. The lowest BCUT2D eigenvalue weighted by Gasteiger charge is -2.31. The van der Waals surface area contributed by atoms with Gasteiger partial charge < -0.3 is 15.8 Å². The molecular formula is C42H52ClF7N10O3. The normalized spacial score (nSPS) is 13.5. The molecule has 1 aliphatic rings. The Labute approximate surface area is 367 Å². The van der Waals surface area contributed by atoms with Crippen molar-refractivity contribution in [3.63, 3.8) is 0 Å². The van der Waals surface area contributed by atoms with Crippen LogP contribution < -0.4 is 16.1 Å². The molecule has 0 saturated heterocycles. The van der Waals surface area contributed by atoms with Gasteiger partial charge in [0.25, 0.3) is 5.91 Å². The maximum atomic E-state index is 14.0. The maximum Gasteiger partial charge on any atom is 0.411 e. The summed E-state index contributed by atoms with van der Waals surface area (Å²) in [5, 5.41) is 9.90. The van der Waals surface area contributed by atoms with E-state index in [0.717, 1.165) is 6.34 Å². The minimum atomic E-state index is -4.28. The third kappa shape index (κ3) is 16.0. The molecule has 63 heavy (non-hydrogen) atoms. The quantitative estimate of drug-likeness (QED) is 0.0257. The fourth-order valence-corrected chi connectivity index (χ4v) is 5.30. The zero-order chi connectivity index (χ0) is 48.3. The number of alkyl halides is 7. The Morgan fingerprint density at radius 3 is 2.16 bits per heavy atom. The number of hydrazone groups is 1. The molecular weight excluding hydrogens is 861 g/mol. The van der Waals surface area contributed by atoms with Gasteiger partial charge in [-0.1, -0.05) is 65.3 Å². The number of guanidine groups is 1. The minimum Gasteiger partial charge on any atom is -0.382 e. The molecule has 4 aromatic rings. The fourth-order valence-electron chi connectivity index (χ4n) is 5.10. The summed E-state index contributed by atoms with van der Waals surface area (Å²) >= 11 is 6.25. The smallest absolute Gasteiger partial charge is 0.382 e. The summed E-state index contributed by atoms with van der Waals surface area (Å²) in [7, 11) is 2.80. The van der Waals surface area contributed by atoms with Crippen LogP contribution in [0.1, 0.15) is 82.9 Å². The monoisotopic (exact) mass is 912 g/mol. The molecule has 2 aromatic heterocycles. The number of pyridine rings is 1. The van der Waals surface area contributed by atoms with E-state index >= 15 is 0 Å². The molecule has 2 amide bonds. The van der Waals surface area contributed by atoms with E-state index in [2.05, 4.69) is 72.4 Å². The highest BCUT2D eigenvalue weighted by atomic mass is 35.5. The van der Waals surface area contributed by atoms with Crippen molar-refractivity contribution in [2.75, 3.05) is 25.8 Å². The molecule has 5 rings (SSSR count). The van der Waals surface area contributed by atoms with Crippen LogP contribution in [0.3, 0.4) is 0 Å². The number of carbonyl (C=O) groups excluding carboxylic acids is 2. The van der Waals surface area contributed by atoms with Crippen molar-refractivity contribution in [3.05, 3.63) is 77.1 Å². The Hall–Kier alpha value is -6.07. The van der Waals surface area contributed by atoms with Crippen molar-refractivity contribution in [2.24, 2.45) is 26.2 Å². The molecule has 1 aliphatic carbocycles. The third-order valence-electron chi connectivity index (χ3n) is 8.04. The molecule has 1 atom stereocenters. The third-order valence-corrected chi connectivity index (χ3v) is 8.36. The number of fused-ring (bicyclic) bond motifs is 1. The number of aromatic nitrogens is 3. The molecule has 13 nitrogen and oxygen atoms in total. The molecule has 0 aliphatic heterocycles. The number of nitrogens with one attached hydrogen (secondary N) is 1. The van der Waals surface area contributed by atoms with Gasteiger partial charge in [-0.2, -0.15) is 40.9 Å². The van der Waals surface area contributed by atoms with Crippen LogP contribution in [-0.4, -0.2) is 90.0 Å².